The monoisotopic (exact) mass is 229 g/mol. The molecule has 86 valence electrons. The van der Waals surface area contributed by atoms with Gasteiger partial charge in [0.2, 0.25) is 5.91 Å². The molecule has 0 bridgehead atoms. The molecule has 0 spiro atoms. The fourth-order valence-corrected chi connectivity index (χ4v) is 2.58. The van der Waals surface area contributed by atoms with Gasteiger partial charge in [-0.3, -0.25) is 4.79 Å². The van der Waals surface area contributed by atoms with Crippen LogP contribution in [0.15, 0.2) is 0 Å². The fourth-order valence-electron chi connectivity index (χ4n) is 2.51. The number of alkyl halides is 1. The van der Waals surface area contributed by atoms with E-state index in [-0.39, 0.29) is 17.2 Å². The van der Waals surface area contributed by atoms with Crippen LogP contribution in [0.2, 0.25) is 0 Å². The summed E-state index contributed by atoms with van der Waals surface area (Å²) in [6.45, 7) is 4.77. The van der Waals surface area contributed by atoms with Gasteiger partial charge in [0.25, 0.3) is 0 Å². The normalized spacial score (nSPS) is 35.1. The van der Waals surface area contributed by atoms with Gasteiger partial charge in [0.05, 0.1) is 5.38 Å². The number of halogens is 1. The second kappa shape index (κ2) is 4.32. The second-order valence-electron chi connectivity index (χ2n) is 5.43. The van der Waals surface area contributed by atoms with E-state index in [9.17, 15) is 4.79 Å². The minimum absolute atomic E-state index is 0.0601. The van der Waals surface area contributed by atoms with Crippen molar-refractivity contribution in [2.24, 2.45) is 23.7 Å². The van der Waals surface area contributed by atoms with Crippen molar-refractivity contribution in [3.05, 3.63) is 0 Å². The van der Waals surface area contributed by atoms with E-state index in [1.807, 2.05) is 0 Å². The number of nitrogens with one attached hydrogen (secondary N) is 1. The zero-order valence-corrected chi connectivity index (χ0v) is 10.3. The Balaban J connectivity index is 1.68. The lowest BCUT2D eigenvalue weighted by Crippen LogP contribution is -2.35. The largest absolute Gasteiger partial charge is 0.354 e. The van der Waals surface area contributed by atoms with Gasteiger partial charge < -0.3 is 5.32 Å². The molecule has 3 unspecified atom stereocenters. The Morgan fingerprint density at radius 1 is 1.33 bits per heavy atom. The molecule has 3 atom stereocenters. The third-order valence-corrected chi connectivity index (χ3v) is 4.47. The Labute approximate surface area is 96.8 Å². The van der Waals surface area contributed by atoms with Crippen LogP contribution in [0, 0.1) is 23.7 Å². The van der Waals surface area contributed by atoms with Crippen LogP contribution in [0.25, 0.3) is 0 Å². The quantitative estimate of drug-likeness (QED) is 0.737. The number of rotatable bonds is 4. The molecule has 0 radical (unpaired) electrons. The predicted molar refractivity (Wildman–Crippen MR) is 61.8 cm³/mol. The Kier molecular flexibility index (Phi) is 3.24. The van der Waals surface area contributed by atoms with Gasteiger partial charge in [-0.1, -0.05) is 13.8 Å². The number of carbonyl (C=O) groups is 1. The van der Waals surface area contributed by atoms with Crippen molar-refractivity contribution in [1.82, 2.24) is 5.32 Å². The van der Waals surface area contributed by atoms with E-state index in [1.165, 1.54) is 6.42 Å². The highest BCUT2D eigenvalue weighted by molar-refractivity contribution is 6.21. The molecule has 1 amide bonds. The molecule has 1 N–H and O–H groups in total. The first-order chi connectivity index (χ1) is 7.08. The molecular formula is C12H20ClNO. The van der Waals surface area contributed by atoms with E-state index in [2.05, 4.69) is 19.2 Å². The lowest BCUT2D eigenvalue weighted by Gasteiger charge is -2.17. The van der Waals surface area contributed by atoms with Gasteiger partial charge in [0, 0.05) is 12.5 Å². The smallest absolute Gasteiger partial charge is 0.223 e. The van der Waals surface area contributed by atoms with E-state index >= 15 is 0 Å². The molecule has 0 aromatic carbocycles. The third-order valence-electron chi connectivity index (χ3n) is 3.81. The Morgan fingerprint density at radius 2 is 1.93 bits per heavy atom. The fraction of sp³-hybridized carbons (Fsp3) is 0.917. The number of carbonyl (C=O) groups excluding carboxylic acids is 1. The van der Waals surface area contributed by atoms with E-state index in [0.717, 1.165) is 24.7 Å². The van der Waals surface area contributed by atoms with Gasteiger partial charge in [-0.25, -0.2) is 0 Å². The molecule has 2 aliphatic carbocycles. The highest BCUT2D eigenvalue weighted by atomic mass is 35.5. The second-order valence-corrected chi connectivity index (χ2v) is 5.99. The Bertz CT molecular complexity index is 244. The summed E-state index contributed by atoms with van der Waals surface area (Å²) in [6.07, 6.45) is 3.60. The molecule has 2 saturated carbocycles. The summed E-state index contributed by atoms with van der Waals surface area (Å²) in [5.74, 6) is 2.68. The lowest BCUT2D eigenvalue weighted by molar-refractivity contribution is -0.125. The summed E-state index contributed by atoms with van der Waals surface area (Å²) in [7, 11) is 0. The number of amides is 1. The van der Waals surface area contributed by atoms with E-state index < -0.39 is 0 Å². The van der Waals surface area contributed by atoms with Gasteiger partial charge in [-0.05, 0) is 37.0 Å². The minimum atomic E-state index is 0.0601. The summed E-state index contributed by atoms with van der Waals surface area (Å²) >= 11 is 6.09. The minimum Gasteiger partial charge on any atom is -0.354 e. The standard InChI is InChI=1S/C12H20ClNO/c1-7(2)11(13)6-14-12(15)10-4-8-3-9(8)5-10/h7-11H,3-6H2,1-2H3,(H,14,15). The van der Waals surface area contributed by atoms with Crippen LogP contribution >= 0.6 is 11.6 Å². The van der Waals surface area contributed by atoms with Crippen LogP contribution < -0.4 is 5.32 Å². The van der Waals surface area contributed by atoms with Crippen LogP contribution in [0.5, 0.6) is 0 Å². The van der Waals surface area contributed by atoms with Gasteiger partial charge in [0.1, 0.15) is 0 Å². The van der Waals surface area contributed by atoms with Crippen LogP contribution in [0.3, 0.4) is 0 Å². The van der Waals surface area contributed by atoms with Crippen molar-refractivity contribution in [2.45, 2.75) is 38.5 Å². The number of hydrogen-bond donors (Lipinski definition) is 1. The van der Waals surface area contributed by atoms with Crippen LogP contribution in [0.4, 0.5) is 0 Å². The zero-order chi connectivity index (χ0) is 11.0. The zero-order valence-electron chi connectivity index (χ0n) is 9.50. The average molecular weight is 230 g/mol. The lowest BCUT2D eigenvalue weighted by atomic mass is 10.0. The number of fused-ring (bicyclic) bond motifs is 1. The highest BCUT2D eigenvalue weighted by Crippen LogP contribution is 2.54. The van der Waals surface area contributed by atoms with E-state index in [0.29, 0.717) is 12.5 Å². The van der Waals surface area contributed by atoms with E-state index in [1.54, 1.807) is 0 Å². The molecule has 15 heavy (non-hydrogen) atoms. The van der Waals surface area contributed by atoms with Crippen LogP contribution in [-0.2, 0) is 4.79 Å². The van der Waals surface area contributed by atoms with Crippen LogP contribution in [-0.4, -0.2) is 17.8 Å². The maximum absolute atomic E-state index is 11.8. The van der Waals surface area contributed by atoms with Crippen molar-refractivity contribution >= 4 is 17.5 Å². The SMILES string of the molecule is CC(C)C(Cl)CNC(=O)C1CC2CC2C1. The van der Waals surface area contributed by atoms with Crippen molar-refractivity contribution in [3.8, 4) is 0 Å². The Morgan fingerprint density at radius 3 is 2.47 bits per heavy atom. The maximum Gasteiger partial charge on any atom is 0.223 e. The molecule has 2 rings (SSSR count). The van der Waals surface area contributed by atoms with Crippen molar-refractivity contribution < 1.29 is 4.79 Å². The maximum atomic E-state index is 11.8. The summed E-state index contributed by atoms with van der Waals surface area (Å²) in [5.41, 5.74) is 0. The number of hydrogen-bond acceptors (Lipinski definition) is 1. The first kappa shape index (κ1) is 11.3. The van der Waals surface area contributed by atoms with Crippen molar-refractivity contribution in [3.63, 3.8) is 0 Å². The van der Waals surface area contributed by atoms with Gasteiger partial charge >= 0.3 is 0 Å². The molecule has 0 aromatic rings. The first-order valence-corrected chi connectivity index (χ1v) is 6.43. The van der Waals surface area contributed by atoms with Crippen molar-refractivity contribution in [2.75, 3.05) is 6.54 Å². The predicted octanol–water partition coefficient (Wildman–Crippen LogP) is 2.41. The third kappa shape index (κ3) is 2.66. The van der Waals surface area contributed by atoms with Gasteiger partial charge in [0.15, 0.2) is 0 Å². The molecule has 0 aromatic heterocycles. The molecule has 2 nitrogen and oxygen atoms in total. The summed E-state index contributed by atoms with van der Waals surface area (Å²) in [5, 5.41) is 3.04. The van der Waals surface area contributed by atoms with Crippen molar-refractivity contribution in [1.29, 1.82) is 0 Å². The average Bonchev–Trinajstić information content (AvgIpc) is 2.81. The highest BCUT2D eigenvalue weighted by Gasteiger charge is 2.47. The molecular weight excluding hydrogens is 210 g/mol. The summed E-state index contributed by atoms with van der Waals surface area (Å²) in [4.78, 5) is 11.8. The Hall–Kier alpha value is -0.240. The topological polar surface area (TPSA) is 29.1 Å². The molecule has 2 aliphatic rings. The van der Waals surface area contributed by atoms with Gasteiger partial charge in [-0.15, -0.1) is 11.6 Å². The molecule has 0 saturated heterocycles. The molecule has 2 fully saturated rings. The molecule has 0 aliphatic heterocycles. The first-order valence-electron chi connectivity index (χ1n) is 5.99. The van der Waals surface area contributed by atoms with Gasteiger partial charge in [-0.2, -0.15) is 0 Å². The van der Waals surface area contributed by atoms with E-state index in [4.69, 9.17) is 11.6 Å². The summed E-state index contributed by atoms with van der Waals surface area (Å²) in [6, 6.07) is 0. The summed E-state index contributed by atoms with van der Waals surface area (Å²) < 4.78 is 0. The molecule has 3 heteroatoms. The van der Waals surface area contributed by atoms with Crippen LogP contribution in [0.1, 0.15) is 33.1 Å². The molecule has 0 heterocycles.